The fraction of sp³-hybridized carbons (Fsp3) is 0.297. The maximum Gasteiger partial charge on any atom is 0.224 e. The van der Waals surface area contributed by atoms with Gasteiger partial charge in [0.15, 0.2) is 0 Å². The zero-order valence-corrected chi connectivity index (χ0v) is 26.9. The molecule has 1 amide bonds. The lowest BCUT2D eigenvalue weighted by Crippen LogP contribution is -2.25. The van der Waals surface area contributed by atoms with Gasteiger partial charge in [0, 0.05) is 47.1 Å². The van der Waals surface area contributed by atoms with E-state index in [4.69, 9.17) is 4.74 Å². The van der Waals surface area contributed by atoms with Gasteiger partial charge in [0.1, 0.15) is 23.9 Å². The van der Waals surface area contributed by atoms with Crippen molar-refractivity contribution in [2.45, 2.75) is 40.0 Å². The number of aromatic amines is 2. The minimum atomic E-state index is -0.336. The first-order valence-corrected chi connectivity index (χ1v) is 16.1. The largest absolute Gasteiger partial charge is 0.492 e. The molecule has 5 heterocycles. The molecule has 1 aliphatic heterocycles. The number of carbonyl (C=O) groups is 1. The molecule has 3 N–H and O–H groups in total. The highest BCUT2D eigenvalue weighted by molar-refractivity contribution is 6.01. The van der Waals surface area contributed by atoms with Crippen molar-refractivity contribution < 1.29 is 13.9 Å². The van der Waals surface area contributed by atoms with E-state index in [0.29, 0.717) is 30.2 Å². The molecule has 0 unspecified atom stereocenters. The zero-order chi connectivity index (χ0) is 32.5. The first-order chi connectivity index (χ1) is 22.7. The zero-order valence-electron chi connectivity index (χ0n) is 26.9. The number of fused-ring (bicyclic) bond motifs is 2. The highest BCUT2D eigenvalue weighted by Crippen LogP contribution is 2.36. The van der Waals surface area contributed by atoms with Crippen molar-refractivity contribution in [2.75, 3.05) is 31.6 Å². The van der Waals surface area contributed by atoms with Crippen molar-refractivity contribution >= 4 is 33.4 Å². The lowest BCUT2D eigenvalue weighted by atomic mass is 9.92. The second-order valence-corrected chi connectivity index (χ2v) is 13.5. The number of H-pyrrole nitrogens is 2. The molecule has 0 spiro atoms. The summed E-state index contributed by atoms with van der Waals surface area (Å²) >= 11 is 0. The van der Waals surface area contributed by atoms with Gasteiger partial charge in [0.05, 0.1) is 35.0 Å². The lowest BCUT2D eigenvalue weighted by molar-refractivity contribution is -0.117. The van der Waals surface area contributed by atoms with Crippen LogP contribution in [-0.2, 0) is 4.79 Å². The molecular weight excluding hydrogens is 593 g/mol. The molecule has 7 rings (SSSR count). The predicted octanol–water partition coefficient (Wildman–Crippen LogP) is 7.82. The number of hydrogen-bond donors (Lipinski definition) is 3. The number of nitrogens with zero attached hydrogens (tertiary/aromatic N) is 4. The number of benzene rings is 2. The molecule has 0 radical (unpaired) electrons. The quantitative estimate of drug-likeness (QED) is 0.150. The average Bonchev–Trinajstić information content (AvgIpc) is 3.79. The van der Waals surface area contributed by atoms with Gasteiger partial charge in [-0.2, -0.15) is 5.10 Å². The summed E-state index contributed by atoms with van der Waals surface area (Å²) in [7, 11) is 0. The van der Waals surface area contributed by atoms with Gasteiger partial charge < -0.3 is 15.0 Å². The molecule has 0 saturated carbocycles. The van der Waals surface area contributed by atoms with Gasteiger partial charge >= 0.3 is 0 Å². The minimum absolute atomic E-state index is 0.0605. The Balaban J connectivity index is 1.17. The van der Waals surface area contributed by atoms with E-state index in [1.165, 1.54) is 18.9 Å². The molecule has 1 saturated heterocycles. The molecular formula is C37H38FN7O2. The van der Waals surface area contributed by atoms with Crippen LogP contribution in [0.5, 0.6) is 5.75 Å². The number of hydrogen-bond acceptors (Lipinski definition) is 6. The molecule has 1 aliphatic rings. The number of likely N-dealkylation sites (tertiary alicyclic amines) is 1. The molecule has 2 aromatic carbocycles. The van der Waals surface area contributed by atoms with Gasteiger partial charge in [-0.1, -0.05) is 32.9 Å². The fourth-order valence-electron chi connectivity index (χ4n) is 6.25. The lowest BCUT2D eigenvalue weighted by Gasteiger charge is -2.17. The number of amides is 1. The maximum atomic E-state index is 14.8. The molecule has 9 nitrogen and oxygen atoms in total. The highest BCUT2D eigenvalue weighted by Gasteiger charge is 2.18. The molecule has 0 aliphatic carbocycles. The van der Waals surface area contributed by atoms with E-state index in [-0.39, 0.29) is 17.1 Å². The third kappa shape index (κ3) is 6.88. The third-order valence-electron chi connectivity index (χ3n) is 8.43. The Kier molecular flexibility index (Phi) is 8.19. The SMILES string of the molecule is CC(C)(C)CC(=O)Nc1cncc(-c2cc3c(-c4cc5c(-c6cc(F)cc(OCCN7CCCC7)c6)cccc5[nH]4)n[nH]c3cn2)c1. The Morgan fingerprint density at radius 2 is 1.83 bits per heavy atom. The van der Waals surface area contributed by atoms with Gasteiger partial charge in [-0.25, -0.2) is 4.39 Å². The summed E-state index contributed by atoms with van der Waals surface area (Å²) in [6.45, 7) is 9.65. The number of carbonyl (C=O) groups excluding carboxylic acids is 1. The molecule has 1 fully saturated rings. The van der Waals surface area contributed by atoms with Crippen LogP contribution in [0.3, 0.4) is 0 Å². The summed E-state index contributed by atoms with van der Waals surface area (Å²) in [6.07, 6.45) is 7.96. The van der Waals surface area contributed by atoms with Gasteiger partial charge in [-0.15, -0.1) is 0 Å². The van der Waals surface area contributed by atoms with Crippen LogP contribution in [-0.4, -0.2) is 62.2 Å². The topological polar surface area (TPSA) is 112 Å². The van der Waals surface area contributed by atoms with Crippen molar-refractivity contribution in [1.82, 2.24) is 30.0 Å². The van der Waals surface area contributed by atoms with Crippen molar-refractivity contribution in [3.8, 4) is 39.5 Å². The molecule has 0 bridgehead atoms. The molecule has 47 heavy (non-hydrogen) atoms. The number of halogens is 1. The van der Waals surface area contributed by atoms with Crippen LogP contribution in [0.2, 0.25) is 0 Å². The first kappa shape index (κ1) is 30.6. The third-order valence-corrected chi connectivity index (χ3v) is 8.43. The second kappa shape index (κ2) is 12.6. The van der Waals surface area contributed by atoms with Crippen LogP contribution >= 0.6 is 0 Å². The fourth-order valence-corrected chi connectivity index (χ4v) is 6.25. The number of rotatable bonds is 9. The van der Waals surface area contributed by atoms with Gasteiger partial charge in [-0.3, -0.25) is 24.8 Å². The van der Waals surface area contributed by atoms with E-state index in [2.05, 4.69) is 35.4 Å². The number of aromatic nitrogens is 5. The van der Waals surface area contributed by atoms with Gasteiger partial charge in [0.25, 0.3) is 0 Å². The van der Waals surface area contributed by atoms with Gasteiger partial charge in [-0.05, 0) is 78.9 Å². The number of ether oxygens (including phenoxy) is 1. The average molecular weight is 632 g/mol. The molecule has 0 atom stereocenters. The Hall–Kier alpha value is -5.09. The molecule has 10 heteroatoms. The summed E-state index contributed by atoms with van der Waals surface area (Å²) in [4.78, 5) is 27.4. The summed E-state index contributed by atoms with van der Waals surface area (Å²) in [5.74, 6) is 0.129. The first-order valence-electron chi connectivity index (χ1n) is 16.1. The van der Waals surface area contributed by atoms with Crippen LogP contribution < -0.4 is 10.1 Å². The Morgan fingerprint density at radius 3 is 2.66 bits per heavy atom. The van der Waals surface area contributed by atoms with E-state index in [1.54, 1.807) is 24.7 Å². The number of pyridine rings is 2. The Bertz CT molecular complexity index is 2070. The van der Waals surface area contributed by atoms with Crippen LogP contribution in [0.25, 0.3) is 55.6 Å². The van der Waals surface area contributed by atoms with Crippen LogP contribution in [0.15, 0.2) is 73.2 Å². The minimum Gasteiger partial charge on any atom is -0.492 e. The van der Waals surface area contributed by atoms with Gasteiger partial charge in [0.2, 0.25) is 5.91 Å². The Labute approximate surface area is 272 Å². The monoisotopic (exact) mass is 631 g/mol. The molecule has 6 aromatic rings. The van der Waals surface area contributed by atoms with Crippen LogP contribution in [0.4, 0.5) is 10.1 Å². The summed E-state index contributed by atoms with van der Waals surface area (Å²) in [5, 5.41) is 12.5. The van der Waals surface area contributed by atoms with Crippen LogP contribution in [0.1, 0.15) is 40.0 Å². The predicted molar refractivity (Wildman–Crippen MR) is 184 cm³/mol. The van der Waals surface area contributed by atoms with E-state index < -0.39 is 0 Å². The van der Waals surface area contributed by atoms with E-state index >= 15 is 0 Å². The number of anilines is 1. The van der Waals surface area contributed by atoms with Crippen molar-refractivity contribution in [3.05, 3.63) is 79.0 Å². The van der Waals surface area contributed by atoms with E-state index in [1.807, 2.05) is 63.2 Å². The normalized spacial score (nSPS) is 13.9. The van der Waals surface area contributed by atoms with Crippen molar-refractivity contribution in [1.29, 1.82) is 0 Å². The second-order valence-electron chi connectivity index (χ2n) is 13.5. The van der Waals surface area contributed by atoms with Crippen molar-refractivity contribution in [2.24, 2.45) is 5.41 Å². The van der Waals surface area contributed by atoms with Crippen molar-refractivity contribution in [3.63, 3.8) is 0 Å². The highest BCUT2D eigenvalue weighted by atomic mass is 19.1. The standard InChI is InChI=1S/C37H38FN7O2/c1-37(2,3)19-35(46)41-26-14-24(20-39-21-26)32-18-30-34(22-40-32)43-44-36(30)33-17-29-28(7-6-8-31(29)42-33)23-13-25(38)16-27(15-23)47-12-11-45-9-4-5-10-45/h6-8,13-18,20-22,42H,4-5,9-12,19H2,1-3H3,(H,41,46)(H,43,44). The smallest absolute Gasteiger partial charge is 0.224 e. The molecule has 4 aromatic heterocycles. The summed E-state index contributed by atoms with van der Waals surface area (Å²) in [5.41, 5.74) is 6.86. The number of nitrogens with one attached hydrogen (secondary N) is 3. The summed E-state index contributed by atoms with van der Waals surface area (Å²) in [6, 6.07) is 16.7. The Morgan fingerprint density at radius 1 is 0.979 bits per heavy atom. The van der Waals surface area contributed by atoms with Crippen LogP contribution in [0, 0.1) is 11.2 Å². The van der Waals surface area contributed by atoms with E-state index in [0.717, 1.165) is 69.5 Å². The summed E-state index contributed by atoms with van der Waals surface area (Å²) < 4.78 is 20.8. The maximum absolute atomic E-state index is 14.8. The van der Waals surface area contributed by atoms with E-state index in [9.17, 15) is 9.18 Å². The molecule has 240 valence electrons.